The van der Waals surface area contributed by atoms with Crippen LogP contribution in [-0.2, 0) is 11.3 Å². The fraction of sp³-hybridized carbons (Fsp3) is 0.462. The number of nitrogens with one attached hydrogen (secondary N) is 2. The average Bonchev–Trinajstić information content (AvgIpc) is 2.36. The summed E-state index contributed by atoms with van der Waals surface area (Å²) in [6, 6.07) is 2.90. The van der Waals surface area contributed by atoms with E-state index in [1.54, 1.807) is 20.0 Å². The molecule has 104 valence electrons. The average molecular weight is 265 g/mol. The monoisotopic (exact) mass is 265 g/mol. The summed E-state index contributed by atoms with van der Waals surface area (Å²) < 4.78 is 0. The largest absolute Gasteiger partial charge is 0.481 e. The topological polar surface area (TPSA) is 91.3 Å². The van der Waals surface area contributed by atoms with Crippen molar-refractivity contribution < 1.29 is 14.7 Å². The summed E-state index contributed by atoms with van der Waals surface area (Å²) in [5, 5.41) is 14.1. The Labute approximate surface area is 112 Å². The van der Waals surface area contributed by atoms with E-state index in [1.807, 2.05) is 19.1 Å². The first-order chi connectivity index (χ1) is 8.91. The summed E-state index contributed by atoms with van der Waals surface area (Å²) in [7, 11) is 0. The number of amides is 2. The van der Waals surface area contributed by atoms with Gasteiger partial charge >= 0.3 is 12.0 Å². The summed E-state index contributed by atoms with van der Waals surface area (Å²) in [5.74, 6) is -1.57. The summed E-state index contributed by atoms with van der Waals surface area (Å²) in [6.07, 6.45) is 1.66. The first-order valence-corrected chi connectivity index (χ1v) is 6.09. The van der Waals surface area contributed by atoms with Gasteiger partial charge in [-0.1, -0.05) is 6.07 Å². The second kappa shape index (κ2) is 6.72. The Morgan fingerprint density at radius 1 is 1.42 bits per heavy atom. The highest BCUT2D eigenvalue weighted by molar-refractivity contribution is 5.76. The number of urea groups is 1. The van der Waals surface area contributed by atoms with Gasteiger partial charge in [0.05, 0.1) is 18.2 Å². The highest BCUT2D eigenvalue weighted by Crippen LogP contribution is 2.03. The van der Waals surface area contributed by atoms with Gasteiger partial charge in [0.15, 0.2) is 0 Å². The van der Waals surface area contributed by atoms with Crippen molar-refractivity contribution in [1.29, 1.82) is 0 Å². The number of pyridine rings is 1. The molecule has 0 aliphatic rings. The third-order valence-electron chi connectivity index (χ3n) is 3.03. The molecule has 0 bridgehead atoms. The molecule has 6 heteroatoms. The number of aromatic nitrogens is 1. The summed E-state index contributed by atoms with van der Waals surface area (Å²) in [6.45, 7) is 5.43. The molecule has 2 amide bonds. The Morgan fingerprint density at radius 3 is 2.68 bits per heavy atom. The number of hydrogen-bond acceptors (Lipinski definition) is 3. The minimum atomic E-state index is -0.937. The van der Waals surface area contributed by atoms with E-state index in [1.165, 1.54) is 0 Å². The van der Waals surface area contributed by atoms with E-state index in [-0.39, 0.29) is 0 Å². The van der Waals surface area contributed by atoms with Crippen molar-refractivity contribution in [3.63, 3.8) is 0 Å². The molecule has 1 rings (SSSR count). The number of aryl methyl sites for hydroxylation is 1. The Hall–Kier alpha value is -2.11. The summed E-state index contributed by atoms with van der Waals surface area (Å²) in [5.41, 5.74) is 1.78. The first-order valence-electron chi connectivity index (χ1n) is 6.09. The van der Waals surface area contributed by atoms with Crippen molar-refractivity contribution >= 4 is 12.0 Å². The molecule has 0 spiro atoms. The molecule has 1 aromatic rings. The van der Waals surface area contributed by atoms with E-state index in [2.05, 4.69) is 15.6 Å². The lowest BCUT2D eigenvalue weighted by molar-refractivity contribution is -0.141. The van der Waals surface area contributed by atoms with Gasteiger partial charge in [-0.05, 0) is 32.4 Å². The van der Waals surface area contributed by atoms with Gasteiger partial charge in [0, 0.05) is 12.2 Å². The molecule has 2 unspecified atom stereocenters. The van der Waals surface area contributed by atoms with Crippen LogP contribution < -0.4 is 10.6 Å². The lowest BCUT2D eigenvalue weighted by atomic mass is 10.0. The molecule has 1 heterocycles. The minimum absolute atomic E-state index is 0.312. The van der Waals surface area contributed by atoms with E-state index >= 15 is 0 Å². The molecule has 0 saturated carbocycles. The van der Waals surface area contributed by atoms with Crippen LogP contribution in [0.15, 0.2) is 18.3 Å². The van der Waals surface area contributed by atoms with Gasteiger partial charge in [-0.15, -0.1) is 0 Å². The Balaban J connectivity index is 2.44. The van der Waals surface area contributed by atoms with Gasteiger partial charge in [-0.2, -0.15) is 0 Å². The van der Waals surface area contributed by atoms with Gasteiger partial charge in [0.1, 0.15) is 0 Å². The molecule has 0 saturated heterocycles. The highest BCUT2D eigenvalue weighted by Gasteiger charge is 2.20. The quantitative estimate of drug-likeness (QED) is 0.748. The van der Waals surface area contributed by atoms with Crippen molar-refractivity contribution in [2.75, 3.05) is 0 Å². The van der Waals surface area contributed by atoms with Crippen molar-refractivity contribution in [3.05, 3.63) is 29.6 Å². The van der Waals surface area contributed by atoms with Crippen LogP contribution in [0.4, 0.5) is 4.79 Å². The van der Waals surface area contributed by atoms with Crippen molar-refractivity contribution in [3.8, 4) is 0 Å². The first kappa shape index (κ1) is 14.9. The number of carbonyl (C=O) groups is 2. The molecule has 3 N–H and O–H groups in total. The van der Waals surface area contributed by atoms with Crippen molar-refractivity contribution in [1.82, 2.24) is 15.6 Å². The van der Waals surface area contributed by atoms with Crippen LogP contribution in [-0.4, -0.2) is 28.1 Å². The van der Waals surface area contributed by atoms with Crippen LogP contribution in [0.5, 0.6) is 0 Å². The Kier molecular flexibility index (Phi) is 5.29. The molecule has 0 aliphatic carbocycles. The van der Waals surface area contributed by atoms with Gasteiger partial charge in [-0.3, -0.25) is 9.78 Å². The maximum absolute atomic E-state index is 11.6. The number of carboxylic acid groups (broad SMARTS) is 1. The molecule has 0 aromatic carbocycles. The normalized spacial score (nSPS) is 13.4. The molecule has 2 atom stereocenters. The van der Waals surface area contributed by atoms with Crippen LogP contribution in [0.2, 0.25) is 0 Å². The van der Waals surface area contributed by atoms with E-state index in [0.717, 1.165) is 11.3 Å². The lowest BCUT2D eigenvalue weighted by Gasteiger charge is -2.18. The van der Waals surface area contributed by atoms with E-state index < -0.39 is 24.0 Å². The van der Waals surface area contributed by atoms with E-state index in [9.17, 15) is 9.59 Å². The zero-order valence-electron chi connectivity index (χ0n) is 11.3. The minimum Gasteiger partial charge on any atom is -0.481 e. The van der Waals surface area contributed by atoms with Crippen LogP contribution in [0.3, 0.4) is 0 Å². The zero-order valence-corrected chi connectivity index (χ0v) is 11.3. The van der Waals surface area contributed by atoms with Crippen molar-refractivity contribution in [2.45, 2.75) is 33.4 Å². The molecule has 19 heavy (non-hydrogen) atoms. The fourth-order valence-corrected chi connectivity index (χ4v) is 1.46. The molecular weight excluding hydrogens is 246 g/mol. The maximum Gasteiger partial charge on any atom is 0.315 e. The number of hydrogen-bond donors (Lipinski definition) is 3. The Morgan fingerprint density at radius 2 is 2.11 bits per heavy atom. The highest BCUT2D eigenvalue weighted by atomic mass is 16.4. The maximum atomic E-state index is 11.6. The standard InChI is InChI=1S/C13H19N3O3/c1-8-5-4-6-14-11(8)7-15-13(19)16-10(3)9(2)12(17)18/h4-6,9-10H,7H2,1-3H3,(H,17,18)(H2,15,16,19). The van der Waals surface area contributed by atoms with E-state index in [0.29, 0.717) is 6.54 Å². The van der Waals surface area contributed by atoms with Gasteiger partial charge in [0.2, 0.25) is 0 Å². The number of rotatable bonds is 5. The SMILES string of the molecule is Cc1cccnc1CNC(=O)NC(C)C(C)C(=O)O. The predicted molar refractivity (Wildman–Crippen MR) is 70.6 cm³/mol. The molecule has 1 aromatic heterocycles. The second-order valence-corrected chi connectivity index (χ2v) is 4.51. The van der Waals surface area contributed by atoms with Gasteiger partial charge in [0.25, 0.3) is 0 Å². The van der Waals surface area contributed by atoms with Crippen LogP contribution in [0.1, 0.15) is 25.1 Å². The third kappa shape index (κ3) is 4.57. The zero-order chi connectivity index (χ0) is 14.4. The molecule has 0 radical (unpaired) electrons. The van der Waals surface area contributed by atoms with E-state index in [4.69, 9.17) is 5.11 Å². The molecule has 0 aliphatic heterocycles. The number of nitrogens with zero attached hydrogens (tertiary/aromatic N) is 1. The molecular formula is C13H19N3O3. The van der Waals surface area contributed by atoms with Crippen molar-refractivity contribution in [2.24, 2.45) is 5.92 Å². The lowest BCUT2D eigenvalue weighted by Crippen LogP contribution is -2.45. The predicted octanol–water partition coefficient (Wildman–Crippen LogP) is 1.30. The number of aliphatic carboxylic acids is 1. The van der Waals surface area contributed by atoms with Crippen LogP contribution >= 0.6 is 0 Å². The Bertz CT molecular complexity index is 462. The van der Waals surface area contributed by atoms with Crippen LogP contribution in [0, 0.1) is 12.8 Å². The van der Waals surface area contributed by atoms with Crippen LogP contribution in [0.25, 0.3) is 0 Å². The second-order valence-electron chi connectivity index (χ2n) is 4.51. The fourth-order valence-electron chi connectivity index (χ4n) is 1.46. The summed E-state index contributed by atoms with van der Waals surface area (Å²) in [4.78, 5) is 26.5. The summed E-state index contributed by atoms with van der Waals surface area (Å²) >= 11 is 0. The number of carbonyl (C=O) groups excluding carboxylic acids is 1. The third-order valence-corrected chi connectivity index (χ3v) is 3.03. The smallest absolute Gasteiger partial charge is 0.315 e. The van der Waals surface area contributed by atoms with Gasteiger partial charge < -0.3 is 15.7 Å². The van der Waals surface area contributed by atoms with Gasteiger partial charge in [-0.25, -0.2) is 4.79 Å². The molecule has 6 nitrogen and oxygen atoms in total. The number of carboxylic acids is 1. The molecule has 0 fully saturated rings.